The fourth-order valence-corrected chi connectivity index (χ4v) is 3.82. The third kappa shape index (κ3) is 3.70. The fraction of sp³-hybridized carbons (Fsp3) is 0.381. The number of benzene rings is 1. The summed E-state index contributed by atoms with van der Waals surface area (Å²) in [6, 6.07) is 10.6. The molecule has 0 bridgehead atoms. The van der Waals surface area contributed by atoms with Crippen LogP contribution >= 0.6 is 0 Å². The van der Waals surface area contributed by atoms with E-state index in [1.807, 2.05) is 25.3 Å². The molecule has 0 unspecified atom stereocenters. The quantitative estimate of drug-likeness (QED) is 0.761. The molecule has 1 N–H and O–H groups in total. The molecule has 27 heavy (non-hydrogen) atoms. The normalized spacial score (nSPS) is 17.3. The Morgan fingerprint density at radius 2 is 2.07 bits per heavy atom. The number of likely N-dealkylation sites (tertiary alicyclic amines) is 1. The second-order valence-corrected chi connectivity index (χ2v) is 7.53. The number of anilines is 1. The van der Waals surface area contributed by atoms with Crippen LogP contribution in [-0.4, -0.2) is 49.2 Å². The maximum atomic E-state index is 13.3. The summed E-state index contributed by atoms with van der Waals surface area (Å²) >= 11 is 0. The van der Waals surface area contributed by atoms with Crippen molar-refractivity contribution in [2.24, 2.45) is 5.41 Å². The molecule has 2 aliphatic heterocycles. The van der Waals surface area contributed by atoms with Crippen LogP contribution in [-0.2, 0) is 0 Å². The van der Waals surface area contributed by atoms with Crippen LogP contribution in [0.5, 0.6) is 5.75 Å². The highest BCUT2D eigenvalue weighted by molar-refractivity contribution is 5.44. The van der Waals surface area contributed by atoms with Crippen LogP contribution in [0.4, 0.5) is 10.2 Å². The summed E-state index contributed by atoms with van der Waals surface area (Å²) in [5.41, 5.74) is 1.31. The van der Waals surface area contributed by atoms with E-state index >= 15 is 0 Å². The summed E-state index contributed by atoms with van der Waals surface area (Å²) in [6.07, 6.45) is 1.84. The Morgan fingerprint density at radius 3 is 2.81 bits per heavy atom. The molecule has 5 nitrogen and oxygen atoms in total. The summed E-state index contributed by atoms with van der Waals surface area (Å²) in [7, 11) is 0. The zero-order valence-electron chi connectivity index (χ0n) is 15.6. The predicted octanol–water partition coefficient (Wildman–Crippen LogP) is 2.79. The summed E-state index contributed by atoms with van der Waals surface area (Å²) in [5.74, 6) is 2.30. The number of hydrogen-bond acceptors (Lipinski definition) is 5. The molecule has 6 heteroatoms. The first-order valence-corrected chi connectivity index (χ1v) is 9.27. The fourth-order valence-electron chi connectivity index (χ4n) is 3.82. The van der Waals surface area contributed by atoms with Gasteiger partial charge >= 0.3 is 0 Å². The molecule has 142 valence electrons. The van der Waals surface area contributed by atoms with Crippen molar-refractivity contribution in [3.8, 4) is 5.75 Å². The first-order valence-electron chi connectivity index (χ1n) is 9.27. The minimum absolute atomic E-state index is 0.279. The number of hydrogen-bond donors (Lipinski definition) is 1. The number of nitrogens with zero attached hydrogens (tertiary/aromatic N) is 3. The first kappa shape index (κ1) is 17.6. The van der Waals surface area contributed by atoms with Crippen LogP contribution in [0.15, 0.2) is 55.0 Å². The van der Waals surface area contributed by atoms with Crippen molar-refractivity contribution in [3.05, 3.63) is 66.4 Å². The van der Waals surface area contributed by atoms with Crippen molar-refractivity contribution >= 4 is 5.82 Å². The zero-order chi connectivity index (χ0) is 18.9. The second kappa shape index (κ2) is 7.10. The standard InChI is InChI=1S/C21H25FN4O/c1-16-6-7-18(22)11-19(16)27-10-9-23-17(2)25-12-21(13-25)14-26(15-21)20-5-3-4-8-24-20/h3-8,11,23H,2,9-10,12-15H2,1H3. The van der Waals surface area contributed by atoms with Crippen molar-refractivity contribution in [1.29, 1.82) is 0 Å². The van der Waals surface area contributed by atoms with E-state index in [2.05, 4.69) is 32.7 Å². The van der Waals surface area contributed by atoms with E-state index in [-0.39, 0.29) is 5.82 Å². The molecule has 0 saturated carbocycles. The summed E-state index contributed by atoms with van der Waals surface area (Å²) in [5, 5.41) is 3.30. The van der Waals surface area contributed by atoms with Gasteiger partial charge in [-0.15, -0.1) is 0 Å². The van der Waals surface area contributed by atoms with Crippen LogP contribution in [0, 0.1) is 18.2 Å². The van der Waals surface area contributed by atoms with Crippen molar-refractivity contribution in [1.82, 2.24) is 15.2 Å². The Bertz CT molecular complexity index is 812. The van der Waals surface area contributed by atoms with Crippen LogP contribution in [0.2, 0.25) is 0 Å². The Labute approximate surface area is 159 Å². The molecule has 2 aromatic rings. The second-order valence-electron chi connectivity index (χ2n) is 7.53. The number of aromatic nitrogens is 1. The number of pyridine rings is 1. The monoisotopic (exact) mass is 368 g/mol. The molecule has 2 aliphatic rings. The molecule has 0 amide bonds. The van der Waals surface area contributed by atoms with E-state index in [1.165, 1.54) is 12.1 Å². The SMILES string of the molecule is C=C(NCCOc1cc(F)ccc1C)N1CC2(C1)CN(c1ccccn1)C2. The average Bonchev–Trinajstić information content (AvgIpc) is 2.60. The molecule has 0 atom stereocenters. The van der Waals surface area contributed by atoms with E-state index in [1.54, 1.807) is 6.07 Å². The number of rotatable bonds is 7. The molecular weight excluding hydrogens is 343 g/mol. The highest BCUT2D eigenvalue weighted by Gasteiger charge is 2.52. The molecule has 2 fully saturated rings. The molecule has 0 radical (unpaired) electrons. The molecule has 0 aliphatic carbocycles. The lowest BCUT2D eigenvalue weighted by atomic mass is 9.73. The number of halogens is 1. The molecule has 3 heterocycles. The third-order valence-electron chi connectivity index (χ3n) is 5.30. The van der Waals surface area contributed by atoms with E-state index in [0.29, 0.717) is 24.3 Å². The van der Waals surface area contributed by atoms with Gasteiger partial charge in [0.2, 0.25) is 0 Å². The van der Waals surface area contributed by atoms with E-state index in [0.717, 1.165) is 43.4 Å². The summed E-state index contributed by atoms with van der Waals surface area (Å²) in [4.78, 5) is 9.00. The van der Waals surface area contributed by atoms with Gasteiger partial charge < -0.3 is 19.9 Å². The summed E-state index contributed by atoms with van der Waals surface area (Å²) < 4.78 is 18.9. The highest BCUT2D eigenvalue weighted by Crippen LogP contribution is 2.42. The lowest BCUT2D eigenvalue weighted by Gasteiger charge is -2.61. The third-order valence-corrected chi connectivity index (χ3v) is 5.30. The Morgan fingerprint density at radius 1 is 1.26 bits per heavy atom. The average molecular weight is 368 g/mol. The van der Waals surface area contributed by atoms with Gasteiger partial charge in [0.1, 0.15) is 24.0 Å². The van der Waals surface area contributed by atoms with Gasteiger partial charge in [0.15, 0.2) is 0 Å². The van der Waals surface area contributed by atoms with Gasteiger partial charge in [-0.05, 0) is 30.7 Å². The van der Waals surface area contributed by atoms with Crippen LogP contribution in [0.3, 0.4) is 0 Å². The lowest BCUT2D eigenvalue weighted by molar-refractivity contribution is -0.00175. The maximum absolute atomic E-state index is 13.3. The van der Waals surface area contributed by atoms with Gasteiger partial charge in [-0.2, -0.15) is 0 Å². The van der Waals surface area contributed by atoms with Gasteiger partial charge in [0, 0.05) is 43.9 Å². The Balaban J connectivity index is 1.16. The van der Waals surface area contributed by atoms with Crippen LogP contribution in [0.1, 0.15) is 5.56 Å². The number of ether oxygens (including phenoxy) is 1. The Kier molecular flexibility index (Phi) is 4.64. The smallest absolute Gasteiger partial charge is 0.128 e. The van der Waals surface area contributed by atoms with Crippen molar-refractivity contribution < 1.29 is 9.13 Å². The van der Waals surface area contributed by atoms with Crippen molar-refractivity contribution in [2.45, 2.75) is 6.92 Å². The van der Waals surface area contributed by atoms with Gasteiger partial charge in [0.05, 0.1) is 12.4 Å². The Hall–Kier alpha value is -2.76. The minimum Gasteiger partial charge on any atom is -0.491 e. The van der Waals surface area contributed by atoms with Gasteiger partial charge in [-0.3, -0.25) is 0 Å². The number of nitrogens with one attached hydrogen (secondary N) is 1. The van der Waals surface area contributed by atoms with Gasteiger partial charge in [-0.1, -0.05) is 18.7 Å². The summed E-state index contributed by atoms with van der Waals surface area (Å²) in [6.45, 7) is 11.3. The molecule has 1 spiro atoms. The van der Waals surface area contributed by atoms with Crippen molar-refractivity contribution in [3.63, 3.8) is 0 Å². The van der Waals surface area contributed by atoms with Crippen LogP contribution in [0.25, 0.3) is 0 Å². The van der Waals surface area contributed by atoms with Gasteiger partial charge in [-0.25, -0.2) is 9.37 Å². The molecular formula is C21H25FN4O. The van der Waals surface area contributed by atoms with E-state index < -0.39 is 0 Å². The number of aryl methyl sites for hydroxylation is 1. The largest absolute Gasteiger partial charge is 0.491 e. The molecule has 1 aromatic heterocycles. The topological polar surface area (TPSA) is 40.6 Å². The zero-order valence-corrected chi connectivity index (χ0v) is 15.6. The highest BCUT2D eigenvalue weighted by atomic mass is 19.1. The maximum Gasteiger partial charge on any atom is 0.128 e. The predicted molar refractivity (Wildman–Crippen MR) is 104 cm³/mol. The molecule has 2 saturated heterocycles. The minimum atomic E-state index is -0.279. The first-order chi connectivity index (χ1) is 13.0. The lowest BCUT2D eigenvalue weighted by Crippen LogP contribution is -2.72. The van der Waals surface area contributed by atoms with Crippen molar-refractivity contribution in [2.75, 3.05) is 44.2 Å². The van der Waals surface area contributed by atoms with Crippen LogP contribution < -0.4 is 15.0 Å². The molecule has 1 aromatic carbocycles. The van der Waals surface area contributed by atoms with Gasteiger partial charge in [0.25, 0.3) is 0 Å². The van der Waals surface area contributed by atoms with E-state index in [4.69, 9.17) is 4.74 Å². The molecule has 4 rings (SSSR count). The van der Waals surface area contributed by atoms with E-state index in [9.17, 15) is 4.39 Å².